The molecule has 1 fully saturated rings. The number of urea groups is 1. The van der Waals surface area contributed by atoms with Gasteiger partial charge in [-0.25, -0.2) is 9.18 Å². The number of amides is 3. The second-order valence-electron chi connectivity index (χ2n) is 6.32. The van der Waals surface area contributed by atoms with Crippen molar-refractivity contribution in [3.63, 3.8) is 0 Å². The maximum absolute atomic E-state index is 13.5. The summed E-state index contributed by atoms with van der Waals surface area (Å²) in [5.74, 6) is -0.189. The van der Waals surface area contributed by atoms with Crippen LogP contribution in [0.5, 0.6) is 0 Å². The molecular formula is C17H24FN3O2. The van der Waals surface area contributed by atoms with E-state index in [0.717, 1.165) is 12.8 Å². The number of piperidine rings is 1. The van der Waals surface area contributed by atoms with Gasteiger partial charge in [0.15, 0.2) is 0 Å². The quantitative estimate of drug-likeness (QED) is 0.899. The monoisotopic (exact) mass is 321 g/mol. The highest BCUT2D eigenvalue weighted by molar-refractivity contribution is 5.89. The van der Waals surface area contributed by atoms with Gasteiger partial charge in [-0.15, -0.1) is 0 Å². The third-order valence-corrected chi connectivity index (χ3v) is 4.07. The van der Waals surface area contributed by atoms with Crippen molar-refractivity contribution in [3.8, 4) is 0 Å². The summed E-state index contributed by atoms with van der Waals surface area (Å²) in [6.07, 6.45) is 1.46. The number of anilines is 1. The molecular weight excluding hydrogens is 297 g/mol. The van der Waals surface area contributed by atoms with Gasteiger partial charge >= 0.3 is 6.03 Å². The molecule has 5 nitrogen and oxygen atoms in total. The lowest BCUT2D eigenvalue weighted by Crippen LogP contribution is -2.48. The van der Waals surface area contributed by atoms with Gasteiger partial charge in [-0.05, 0) is 37.5 Å². The molecule has 0 unspecified atom stereocenters. The zero-order valence-corrected chi connectivity index (χ0v) is 13.9. The van der Waals surface area contributed by atoms with E-state index in [1.807, 2.05) is 18.7 Å². The first-order valence-corrected chi connectivity index (χ1v) is 7.99. The second-order valence-corrected chi connectivity index (χ2v) is 6.32. The molecule has 1 aromatic carbocycles. The molecule has 0 atom stereocenters. The number of hydrogen-bond donors (Lipinski definition) is 2. The second kappa shape index (κ2) is 7.44. The molecule has 1 heterocycles. The predicted molar refractivity (Wildman–Crippen MR) is 87.7 cm³/mol. The maximum Gasteiger partial charge on any atom is 0.319 e. The maximum atomic E-state index is 13.5. The van der Waals surface area contributed by atoms with Gasteiger partial charge in [0.25, 0.3) is 0 Å². The lowest BCUT2D eigenvalue weighted by molar-refractivity contribution is -0.135. The number of nitrogens with one attached hydrogen (secondary N) is 2. The molecule has 1 aliphatic heterocycles. The number of carbonyl (C=O) groups is 2. The molecule has 0 radical (unpaired) electrons. The number of rotatable bonds is 3. The van der Waals surface area contributed by atoms with Crippen molar-refractivity contribution < 1.29 is 14.0 Å². The van der Waals surface area contributed by atoms with E-state index in [4.69, 9.17) is 0 Å². The Balaban J connectivity index is 1.80. The van der Waals surface area contributed by atoms with Crippen LogP contribution in [0.3, 0.4) is 0 Å². The summed E-state index contributed by atoms with van der Waals surface area (Å²) in [5.41, 5.74) is 0.969. The molecule has 126 valence electrons. The molecule has 2 rings (SSSR count). The van der Waals surface area contributed by atoms with Gasteiger partial charge in [-0.2, -0.15) is 0 Å². The van der Waals surface area contributed by atoms with Gasteiger partial charge in [-0.1, -0.05) is 19.9 Å². The van der Waals surface area contributed by atoms with Crippen molar-refractivity contribution in [2.45, 2.75) is 39.7 Å². The summed E-state index contributed by atoms with van der Waals surface area (Å²) in [7, 11) is 0. The lowest BCUT2D eigenvalue weighted by atomic mass is 10.0. The molecule has 0 saturated carbocycles. The Morgan fingerprint density at radius 1 is 1.26 bits per heavy atom. The van der Waals surface area contributed by atoms with Crippen LogP contribution in [0.15, 0.2) is 18.2 Å². The SMILES string of the molecule is Cc1ccc(NC(=O)NC2CCN(C(=O)C(C)C)CC2)cc1F. The normalized spacial score (nSPS) is 15.6. The summed E-state index contributed by atoms with van der Waals surface area (Å²) in [4.78, 5) is 25.7. The molecule has 0 aliphatic carbocycles. The summed E-state index contributed by atoms with van der Waals surface area (Å²) >= 11 is 0. The van der Waals surface area contributed by atoms with E-state index in [1.54, 1.807) is 19.1 Å². The zero-order valence-electron chi connectivity index (χ0n) is 13.9. The third-order valence-electron chi connectivity index (χ3n) is 4.07. The van der Waals surface area contributed by atoms with E-state index in [2.05, 4.69) is 10.6 Å². The highest BCUT2D eigenvalue weighted by Gasteiger charge is 2.25. The van der Waals surface area contributed by atoms with Gasteiger partial charge in [-0.3, -0.25) is 4.79 Å². The van der Waals surface area contributed by atoms with Crippen molar-refractivity contribution >= 4 is 17.6 Å². The van der Waals surface area contributed by atoms with Crippen LogP contribution in [-0.4, -0.2) is 36.0 Å². The van der Waals surface area contributed by atoms with Crippen molar-refractivity contribution in [1.29, 1.82) is 0 Å². The molecule has 0 spiro atoms. The summed E-state index contributed by atoms with van der Waals surface area (Å²) in [6, 6.07) is 4.28. The average molecular weight is 321 g/mol. The average Bonchev–Trinajstić information content (AvgIpc) is 2.51. The Bertz CT molecular complexity index is 581. The zero-order chi connectivity index (χ0) is 17.0. The molecule has 3 amide bonds. The Hall–Kier alpha value is -2.11. The van der Waals surface area contributed by atoms with E-state index in [0.29, 0.717) is 24.3 Å². The number of carbonyl (C=O) groups excluding carboxylic acids is 2. The van der Waals surface area contributed by atoms with Gasteiger partial charge in [0.1, 0.15) is 5.82 Å². The van der Waals surface area contributed by atoms with Gasteiger partial charge in [0.05, 0.1) is 0 Å². The number of halogens is 1. The van der Waals surface area contributed by atoms with Crippen molar-refractivity contribution in [2.24, 2.45) is 5.92 Å². The molecule has 23 heavy (non-hydrogen) atoms. The minimum absolute atomic E-state index is 0.000702. The molecule has 0 bridgehead atoms. The molecule has 0 aromatic heterocycles. The minimum Gasteiger partial charge on any atom is -0.342 e. The number of benzene rings is 1. The summed E-state index contributed by atoms with van der Waals surface area (Å²) in [5, 5.41) is 5.52. The first-order valence-electron chi connectivity index (χ1n) is 7.99. The van der Waals surface area contributed by atoms with Crippen molar-refractivity contribution in [1.82, 2.24) is 10.2 Å². The minimum atomic E-state index is -0.345. The van der Waals surface area contributed by atoms with Crippen LogP contribution in [0, 0.1) is 18.7 Å². The number of likely N-dealkylation sites (tertiary alicyclic amines) is 1. The number of aryl methyl sites for hydroxylation is 1. The molecule has 2 N–H and O–H groups in total. The van der Waals surface area contributed by atoms with E-state index in [9.17, 15) is 14.0 Å². The van der Waals surface area contributed by atoms with E-state index in [-0.39, 0.29) is 29.7 Å². The number of nitrogens with zero attached hydrogens (tertiary/aromatic N) is 1. The standard InChI is InChI=1S/C17H24FN3O2/c1-11(2)16(22)21-8-6-13(7-9-21)19-17(23)20-14-5-4-12(3)15(18)10-14/h4-5,10-11,13H,6-9H2,1-3H3,(H2,19,20,23). The third kappa shape index (κ3) is 4.68. The Morgan fingerprint density at radius 3 is 2.48 bits per heavy atom. The fraction of sp³-hybridized carbons (Fsp3) is 0.529. The van der Waals surface area contributed by atoms with Crippen LogP contribution in [0.2, 0.25) is 0 Å². The van der Waals surface area contributed by atoms with E-state index < -0.39 is 0 Å². The smallest absolute Gasteiger partial charge is 0.319 e. The van der Waals surface area contributed by atoms with E-state index in [1.165, 1.54) is 6.07 Å². The summed E-state index contributed by atoms with van der Waals surface area (Å²) in [6.45, 7) is 6.76. The van der Waals surface area contributed by atoms with Gasteiger partial charge in [0.2, 0.25) is 5.91 Å². The Kier molecular flexibility index (Phi) is 5.58. The Labute approximate surface area is 136 Å². The van der Waals surface area contributed by atoms with Gasteiger partial charge < -0.3 is 15.5 Å². The Morgan fingerprint density at radius 2 is 1.91 bits per heavy atom. The highest BCUT2D eigenvalue weighted by Crippen LogP contribution is 2.15. The van der Waals surface area contributed by atoms with Crippen LogP contribution >= 0.6 is 0 Å². The molecule has 1 saturated heterocycles. The lowest BCUT2D eigenvalue weighted by Gasteiger charge is -2.33. The van der Waals surface area contributed by atoms with Crippen LogP contribution < -0.4 is 10.6 Å². The summed E-state index contributed by atoms with van der Waals surface area (Å²) < 4.78 is 13.5. The largest absolute Gasteiger partial charge is 0.342 e. The molecule has 1 aliphatic rings. The molecule has 6 heteroatoms. The van der Waals surface area contributed by atoms with Crippen LogP contribution in [0.1, 0.15) is 32.3 Å². The van der Waals surface area contributed by atoms with Gasteiger partial charge in [0, 0.05) is 30.7 Å². The first kappa shape index (κ1) is 17.2. The van der Waals surface area contributed by atoms with Crippen molar-refractivity contribution in [2.75, 3.05) is 18.4 Å². The highest BCUT2D eigenvalue weighted by atomic mass is 19.1. The van der Waals surface area contributed by atoms with E-state index >= 15 is 0 Å². The molecule has 1 aromatic rings. The predicted octanol–water partition coefficient (Wildman–Crippen LogP) is 2.90. The fourth-order valence-corrected chi connectivity index (χ4v) is 2.63. The van der Waals surface area contributed by atoms with Crippen molar-refractivity contribution in [3.05, 3.63) is 29.6 Å². The van der Waals surface area contributed by atoms with Crippen LogP contribution in [0.25, 0.3) is 0 Å². The first-order chi connectivity index (χ1) is 10.9. The van der Waals surface area contributed by atoms with Crippen LogP contribution in [-0.2, 0) is 4.79 Å². The van der Waals surface area contributed by atoms with Crippen LogP contribution in [0.4, 0.5) is 14.9 Å². The number of hydrogen-bond acceptors (Lipinski definition) is 2. The fourth-order valence-electron chi connectivity index (χ4n) is 2.63. The topological polar surface area (TPSA) is 61.4 Å².